The maximum atomic E-state index is 12.1. The highest BCUT2D eigenvalue weighted by Crippen LogP contribution is 2.18. The fraction of sp³-hybridized carbons (Fsp3) is 0.429. The topological polar surface area (TPSA) is 87.7 Å². The van der Waals surface area contributed by atoms with Crippen LogP contribution < -0.4 is 15.4 Å². The Kier molecular flexibility index (Phi) is 5.52. The highest BCUT2D eigenvalue weighted by molar-refractivity contribution is 5.97. The van der Waals surface area contributed by atoms with E-state index in [1.165, 1.54) is 0 Å². The van der Waals surface area contributed by atoms with Gasteiger partial charge in [0, 0.05) is 11.8 Å². The van der Waals surface area contributed by atoms with Crippen molar-refractivity contribution in [2.75, 3.05) is 18.5 Å². The fourth-order valence-corrected chi connectivity index (χ4v) is 1.62. The van der Waals surface area contributed by atoms with Crippen molar-refractivity contribution in [1.29, 1.82) is 0 Å². The molecule has 0 spiro atoms. The van der Waals surface area contributed by atoms with Gasteiger partial charge in [0.15, 0.2) is 6.61 Å². The molecule has 20 heavy (non-hydrogen) atoms. The van der Waals surface area contributed by atoms with E-state index in [-0.39, 0.29) is 5.91 Å². The van der Waals surface area contributed by atoms with Crippen molar-refractivity contribution in [2.45, 2.75) is 26.3 Å². The molecule has 0 aliphatic rings. The predicted molar refractivity (Wildman–Crippen MR) is 76.0 cm³/mol. The minimum absolute atomic E-state index is 0.172. The zero-order valence-electron chi connectivity index (χ0n) is 11.9. The molecule has 0 bridgehead atoms. The number of carboxylic acid groups (broad SMARTS) is 1. The third-order valence-electron chi connectivity index (χ3n) is 2.64. The summed E-state index contributed by atoms with van der Waals surface area (Å²) in [6, 6.07) is 6.62. The summed E-state index contributed by atoms with van der Waals surface area (Å²) in [6.07, 6.45) is 0. The van der Waals surface area contributed by atoms with Crippen molar-refractivity contribution in [1.82, 2.24) is 5.32 Å². The lowest BCUT2D eigenvalue weighted by Crippen LogP contribution is -2.49. The van der Waals surface area contributed by atoms with E-state index in [1.807, 2.05) is 6.92 Å². The second-order valence-corrected chi connectivity index (χ2v) is 4.82. The highest BCUT2D eigenvalue weighted by atomic mass is 16.5. The molecule has 1 aromatic carbocycles. The molecule has 6 nitrogen and oxygen atoms in total. The summed E-state index contributed by atoms with van der Waals surface area (Å²) in [4.78, 5) is 22.5. The first-order valence-corrected chi connectivity index (χ1v) is 6.36. The highest BCUT2D eigenvalue weighted by Gasteiger charge is 2.26. The molecule has 0 heterocycles. The van der Waals surface area contributed by atoms with Gasteiger partial charge in [-0.2, -0.15) is 0 Å². The SMILES string of the molecule is CCNC(C)(C)C(=O)Nc1cccc(OCC(=O)O)c1. The Bertz CT molecular complexity index is 486. The third-order valence-corrected chi connectivity index (χ3v) is 2.64. The Morgan fingerprint density at radius 1 is 1.35 bits per heavy atom. The minimum atomic E-state index is -1.05. The molecule has 1 rings (SSSR count). The van der Waals surface area contributed by atoms with E-state index < -0.39 is 18.1 Å². The Balaban J connectivity index is 2.70. The Labute approximate surface area is 118 Å². The third kappa shape index (κ3) is 4.89. The van der Waals surface area contributed by atoms with Crippen LogP contribution in [-0.2, 0) is 9.59 Å². The first kappa shape index (κ1) is 16.0. The number of hydrogen-bond donors (Lipinski definition) is 3. The molecule has 0 aromatic heterocycles. The Morgan fingerprint density at radius 3 is 2.65 bits per heavy atom. The summed E-state index contributed by atoms with van der Waals surface area (Å²) in [5, 5.41) is 14.4. The fourth-order valence-electron chi connectivity index (χ4n) is 1.62. The number of carbonyl (C=O) groups is 2. The zero-order valence-corrected chi connectivity index (χ0v) is 11.9. The van der Waals surface area contributed by atoms with Crippen LogP contribution in [-0.4, -0.2) is 35.7 Å². The number of carboxylic acids is 1. The van der Waals surface area contributed by atoms with E-state index >= 15 is 0 Å². The van der Waals surface area contributed by atoms with Gasteiger partial charge in [-0.15, -0.1) is 0 Å². The van der Waals surface area contributed by atoms with Gasteiger partial charge in [0.05, 0.1) is 5.54 Å². The number of carbonyl (C=O) groups excluding carboxylic acids is 1. The van der Waals surface area contributed by atoms with Gasteiger partial charge < -0.3 is 20.5 Å². The molecule has 0 fully saturated rings. The summed E-state index contributed by atoms with van der Waals surface area (Å²) >= 11 is 0. The van der Waals surface area contributed by atoms with Gasteiger partial charge in [0.25, 0.3) is 0 Å². The standard InChI is InChI=1S/C14H20N2O4/c1-4-15-14(2,3)13(19)16-10-6-5-7-11(8-10)20-9-12(17)18/h5-8,15H,4,9H2,1-3H3,(H,16,19)(H,17,18). The number of benzene rings is 1. The summed E-state index contributed by atoms with van der Waals surface area (Å²) in [5.41, 5.74) is -0.129. The molecule has 0 aliphatic carbocycles. The van der Waals surface area contributed by atoms with Crippen LogP contribution in [0.15, 0.2) is 24.3 Å². The molecule has 0 unspecified atom stereocenters. The lowest BCUT2D eigenvalue weighted by Gasteiger charge is -2.24. The van der Waals surface area contributed by atoms with Crippen molar-refractivity contribution >= 4 is 17.6 Å². The van der Waals surface area contributed by atoms with Crippen LogP contribution in [0.5, 0.6) is 5.75 Å². The molecule has 0 radical (unpaired) electrons. The van der Waals surface area contributed by atoms with Gasteiger partial charge in [0.1, 0.15) is 5.75 Å². The van der Waals surface area contributed by atoms with Crippen LogP contribution >= 0.6 is 0 Å². The van der Waals surface area contributed by atoms with E-state index in [2.05, 4.69) is 10.6 Å². The van der Waals surface area contributed by atoms with Gasteiger partial charge in [-0.25, -0.2) is 4.79 Å². The van der Waals surface area contributed by atoms with Gasteiger partial charge in [-0.05, 0) is 32.5 Å². The molecule has 3 N–H and O–H groups in total. The van der Waals surface area contributed by atoms with Gasteiger partial charge in [-0.1, -0.05) is 13.0 Å². The van der Waals surface area contributed by atoms with Crippen LogP contribution in [0.25, 0.3) is 0 Å². The second kappa shape index (κ2) is 6.91. The van der Waals surface area contributed by atoms with Crippen molar-refractivity contribution in [2.24, 2.45) is 0 Å². The number of amides is 1. The Morgan fingerprint density at radius 2 is 2.05 bits per heavy atom. The first-order chi connectivity index (χ1) is 9.35. The number of rotatable bonds is 7. The number of anilines is 1. The summed E-state index contributed by atoms with van der Waals surface area (Å²) in [5.74, 6) is -0.825. The lowest BCUT2D eigenvalue weighted by atomic mass is 10.0. The molecule has 0 aliphatic heterocycles. The number of ether oxygens (including phenoxy) is 1. The quantitative estimate of drug-likeness (QED) is 0.704. The van der Waals surface area contributed by atoms with E-state index in [0.29, 0.717) is 18.0 Å². The minimum Gasteiger partial charge on any atom is -0.482 e. The number of hydrogen-bond acceptors (Lipinski definition) is 4. The van der Waals surface area contributed by atoms with Gasteiger partial charge >= 0.3 is 5.97 Å². The van der Waals surface area contributed by atoms with Crippen LogP contribution in [0.4, 0.5) is 5.69 Å². The summed E-state index contributed by atoms with van der Waals surface area (Å²) in [6.45, 7) is 5.77. The van der Waals surface area contributed by atoms with E-state index in [4.69, 9.17) is 9.84 Å². The van der Waals surface area contributed by atoms with Crippen LogP contribution in [0.2, 0.25) is 0 Å². The number of aliphatic carboxylic acids is 1. The van der Waals surface area contributed by atoms with E-state index in [0.717, 1.165) is 0 Å². The molecule has 1 aromatic rings. The molecule has 0 saturated heterocycles. The summed E-state index contributed by atoms with van der Waals surface area (Å²) < 4.78 is 5.06. The molecule has 110 valence electrons. The smallest absolute Gasteiger partial charge is 0.341 e. The lowest BCUT2D eigenvalue weighted by molar-refractivity contribution is -0.139. The normalized spacial score (nSPS) is 10.9. The predicted octanol–water partition coefficient (Wildman–Crippen LogP) is 1.48. The molecule has 6 heteroatoms. The van der Waals surface area contributed by atoms with Crippen molar-refractivity contribution in [3.05, 3.63) is 24.3 Å². The molecule has 0 atom stereocenters. The van der Waals surface area contributed by atoms with Crippen molar-refractivity contribution in [3.63, 3.8) is 0 Å². The Hall–Kier alpha value is -2.08. The van der Waals surface area contributed by atoms with Gasteiger partial charge in [0.2, 0.25) is 5.91 Å². The monoisotopic (exact) mass is 280 g/mol. The number of likely N-dealkylation sites (N-methyl/N-ethyl adjacent to an activating group) is 1. The first-order valence-electron chi connectivity index (χ1n) is 6.36. The zero-order chi connectivity index (χ0) is 15.2. The van der Waals surface area contributed by atoms with Crippen LogP contribution in [0, 0.1) is 0 Å². The van der Waals surface area contributed by atoms with Crippen LogP contribution in [0.1, 0.15) is 20.8 Å². The van der Waals surface area contributed by atoms with Crippen molar-refractivity contribution in [3.8, 4) is 5.75 Å². The largest absolute Gasteiger partial charge is 0.482 e. The molecule has 0 saturated carbocycles. The maximum absolute atomic E-state index is 12.1. The van der Waals surface area contributed by atoms with Gasteiger partial charge in [-0.3, -0.25) is 4.79 Å². The second-order valence-electron chi connectivity index (χ2n) is 4.82. The van der Waals surface area contributed by atoms with Crippen LogP contribution in [0.3, 0.4) is 0 Å². The summed E-state index contributed by atoms with van der Waals surface area (Å²) in [7, 11) is 0. The van der Waals surface area contributed by atoms with Crippen molar-refractivity contribution < 1.29 is 19.4 Å². The number of nitrogens with one attached hydrogen (secondary N) is 2. The molecular weight excluding hydrogens is 260 g/mol. The van der Waals surface area contributed by atoms with E-state index in [9.17, 15) is 9.59 Å². The molecular formula is C14H20N2O4. The average Bonchev–Trinajstić information content (AvgIpc) is 2.36. The van der Waals surface area contributed by atoms with E-state index in [1.54, 1.807) is 38.1 Å². The average molecular weight is 280 g/mol. The maximum Gasteiger partial charge on any atom is 0.341 e. The molecule has 1 amide bonds.